The molecular weight excluding hydrogens is 204 g/mol. The summed E-state index contributed by atoms with van der Waals surface area (Å²) in [5, 5.41) is 11.6. The van der Waals surface area contributed by atoms with Crippen molar-refractivity contribution in [3.63, 3.8) is 0 Å². The first-order chi connectivity index (χ1) is 7.74. The van der Waals surface area contributed by atoms with Crippen LogP contribution in [0.2, 0.25) is 0 Å². The Hall–Kier alpha value is -0.610. The maximum atomic E-state index is 11.4. The van der Waals surface area contributed by atoms with Crippen LogP contribution in [0, 0.1) is 0 Å². The molecular formula is C12H24N2O2. The third-order valence-electron chi connectivity index (χ3n) is 3.17. The van der Waals surface area contributed by atoms with E-state index < -0.39 is 0 Å². The Bertz CT molecular complexity index is 203. The molecule has 0 saturated carbocycles. The fourth-order valence-corrected chi connectivity index (χ4v) is 2.06. The van der Waals surface area contributed by atoms with Crippen LogP contribution in [0.25, 0.3) is 0 Å². The predicted molar refractivity (Wildman–Crippen MR) is 64.2 cm³/mol. The van der Waals surface area contributed by atoms with E-state index in [0.717, 1.165) is 19.4 Å². The minimum atomic E-state index is 0.111. The third kappa shape index (κ3) is 4.94. The summed E-state index contributed by atoms with van der Waals surface area (Å²) in [6.07, 6.45) is 4.60. The maximum Gasteiger partial charge on any atom is 0.220 e. The van der Waals surface area contributed by atoms with Gasteiger partial charge in [-0.3, -0.25) is 9.69 Å². The molecule has 0 aromatic rings. The second-order valence-corrected chi connectivity index (χ2v) is 4.58. The van der Waals surface area contributed by atoms with Crippen LogP contribution in [0.4, 0.5) is 0 Å². The lowest BCUT2D eigenvalue weighted by molar-refractivity contribution is -0.121. The second-order valence-electron chi connectivity index (χ2n) is 4.58. The minimum absolute atomic E-state index is 0.111. The molecule has 1 rings (SSSR count). The van der Waals surface area contributed by atoms with Gasteiger partial charge < -0.3 is 10.4 Å². The number of nitrogens with zero attached hydrogens (tertiary/aromatic N) is 1. The molecule has 94 valence electrons. The molecule has 1 atom stereocenters. The van der Waals surface area contributed by atoms with Crippen LogP contribution < -0.4 is 5.32 Å². The second kappa shape index (κ2) is 7.63. The van der Waals surface area contributed by atoms with Gasteiger partial charge in [-0.25, -0.2) is 0 Å². The van der Waals surface area contributed by atoms with Gasteiger partial charge in [0.25, 0.3) is 0 Å². The first-order valence-corrected chi connectivity index (χ1v) is 6.35. The van der Waals surface area contributed by atoms with Crippen molar-refractivity contribution in [2.75, 3.05) is 26.2 Å². The minimum Gasteiger partial charge on any atom is -0.396 e. The van der Waals surface area contributed by atoms with Crippen LogP contribution in [0.3, 0.4) is 0 Å². The van der Waals surface area contributed by atoms with Gasteiger partial charge in [0.15, 0.2) is 0 Å². The number of likely N-dealkylation sites (tertiary alicyclic amines) is 1. The number of hydrogen-bond donors (Lipinski definition) is 2. The van der Waals surface area contributed by atoms with Crippen LogP contribution >= 0.6 is 0 Å². The van der Waals surface area contributed by atoms with Crippen molar-refractivity contribution < 1.29 is 9.90 Å². The summed E-state index contributed by atoms with van der Waals surface area (Å²) in [6, 6.07) is 0.448. The number of carbonyl (C=O) groups excluding carboxylic acids is 1. The molecule has 1 aliphatic rings. The van der Waals surface area contributed by atoms with Crippen molar-refractivity contribution in [2.24, 2.45) is 0 Å². The fraction of sp³-hybridized carbons (Fsp3) is 0.917. The molecule has 4 nitrogen and oxygen atoms in total. The van der Waals surface area contributed by atoms with Crippen molar-refractivity contribution in [3.8, 4) is 0 Å². The summed E-state index contributed by atoms with van der Waals surface area (Å²) in [7, 11) is 0. The van der Waals surface area contributed by atoms with Crippen LogP contribution in [-0.4, -0.2) is 48.2 Å². The molecule has 2 N–H and O–H groups in total. The number of rotatable bonds is 7. The van der Waals surface area contributed by atoms with E-state index in [-0.39, 0.29) is 12.5 Å². The topological polar surface area (TPSA) is 52.6 Å². The zero-order valence-electron chi connectivity index (χ0n) is 10.2. The molecule has 1 unspecified atom stereocenters. The van der Waals surface area contributed by atoms with E-state index in [1.165, 1.54) is 25.9 Å². The highest BCUT2D eigenvalue weighted by atomic mass is 16.2. The van der Waals surface area contributed by atoms with Gasteiger partial charge >= 0.3 is 0 Å². The van der Waals surface area contributed by atoms with Gasteiger partial charge in [0, 0.05) is 25.6 Å². The monoisotopic (exact) mass is 228 g/mol. The Balaban J connectivity index is 2.06. The van der Waals surface area contributed by atoms with E-state index in [1.54, 1.807) is 0 Å². The van der Waals surface area contributed by atoms with Crippen LogP contribution in [0.5, 0.6) is 0 Å². The number of hydrogen-bond acceptors (Lipinski definition) is 3. The highest BCUT2D eigenvalue weighted by Gasteiger charge is 2.17. The summed E-state index contributed by atoms with van der Waals surface area (Å²) in [5.74, 6) is 0.111. The van der Waals surface area contributed by atoms with Crippen molar-refractivity contribution in [1.82, 2.24) is 10.2 Å². The van der Waals surface area contributed by atoms with E-state index in [4.69, 9.17) is 5.11 Å². The normalized spacial score (nSPS) is 18.6. The van der Waals surface area contributed by atoms with Gasteiger partial charge in [0.05, 0.1) is 0 Å². The van der Waals surface area contributed by atoms with E-state index in [0.29, 0.717) is 12.5 Å². The zero-order chi connectivity index (χ0) is 11.8. The molecule has 1 fully saturated rings. The molecule has 1 heterocycles. The van der Waals surface area contributed by atoms with Crippen LogP contribution in [0.15, 0.2) is 0 Å². The van der Waals surface area contributed by atoms with Crippen molar-refractivity contribution >= 4 is 5.91 Å². The summed E-state index contributed by atoms with van der Waals surface area (Å²) >= 11 is 0. The number of aliphatic hydroxyl groups excluding tert-OH is 1. The van der Waals surface area contributed by atoms with Gasteiger partial charge in [-0.15, -0.1) is 0 Å². The number of amides is 1. The Morgan fingerprint density at radius 1 is 1.38 bits per heavy atom. The van der Waals surface area contributed by atoms with E-state index >= 15 is 0 Å². The number of nitrogens with one attached hydrogen (secondary N) is 1. The fourth-order valence-electron chi connectivity index (χ4n) is 2.06. The molecule has 16 heavy (non-hydrogen) atoms. The van der Waals surface area contributed by atoms with Crippen molar-refractivity contribution in [1.29, 1.82) is 0 Å². The third-order valence-corrected chi connectivity index (χ3v) is 3.17. The lowest BCUT2D eigenvalue weighted by atomic mass is 10.2. The van der Waals surface area contributed by atoms with Crippen LogP contribution in [0.1, 0.15) is 39.0 Å². The predicted octanol–water partition coefficient (Wildman–Crippen LogP) is 0.749. The average molecular weight is 228 g/mol. The van der Waals surface area contributed by atoms with E-state index in [1.807, 2.05) is 0 Å². The molecule has 0 bridgehead atoms. The van der Waals surface area contributed by atoms with Gasteiger partial charge in [-0.2, -0.15) is 0 Å². The summed E-state index contributed by atoms with van der Waals surface area (Å²) in [5.41, 5.74) is 0. The van der Waals surface area contributed by atoms with Gasteiger partial charge in [0.1, 0.15) is 0 Å². The molecule has 1 aliphatic heterocycles. The molecule has 4 heteroatoms. The first-order valence-electron chi connectivity index (χ1n) is 6.35. The van der Waals surface area contributed by atoms with Crippen molar-refractivity contribution in [3.05, 3.63) is 0 Å². The van der Waals surface area contributed by atoms with Crippen molar-refractivity contribution in [2.45, 2.75) is 45.1 Å². The lowest BCUT2D eigenvalue weighted by Crippen LogP contribution is -2.40. The summed E-state index contributed by atoms with van der Waals surface area (Å²) < 4.78 is 0. The SMILES string of the molecule is CC(CNC(=O)CCCCO)N1CCCC1. The zero-order valence-corrected chi connectivity index (χ0v) is 10.2. The standard InChI is InChI=1S/C12H24N2O2/c1-11(14-7-3-4-8-14)10-13-12(16)6-2-5-9-15/h11,15H,2-10H2,1H3,(H,13,16). The molecule has 0 aliphatic carbocycles. The summed E-state index contributed by atoms with van der Waals surface area (Å²) in [4.78, 5) is 13.9. The Labute approximate surface area is 98.0 Å². The first kappa shape index (κ1) is 13.5. The average Bonchev–Trinajstić information content (AvgIpc) is 2.79. The number of aliphatic hydroxyl groups is 1. The molecule has 0 aromatic carbocycles. The van der Waals surface area contributed by atoms with Crippen LogP contribution in [-0.2, 0) is 4.79 Å². The summed E-state index contributed by atoms with van der Waals surface area (Å²) in [6.45, 7) is 5.43. The quantitative estimate of drug-likeness (QED) is 0.632. The van der Waals surface area contributed by atoms with Gasteiger partial charge in [-0.1, -0.05) is 0 Å². The number of unbranched alkanes of at least 4 members (excludes halogenated alkanes) is 1. The molecule has 0 spiro atoms. The highest BCUT2D eigenvalue weighted by Crippen LogP contribution is 2.10. The largest absolute Gasteiger partial charge is 0.396 e. The Kier molecular flexibility index (Phi) is 6.42. The van der Waals surface area contributed by atoms with E-state index in [9.17, 15) is 4.79 Å². The molecule has 1 amide bonds. The number of carbonyl (C=O) groups is 1. The Morgan fingerprint density at radius 3 is 2.69 bits per heavy atom. The maximum absolute atomic E-state index is 11.4. The van der Waals surface area contributed by atoms with Gasteiger partial charge in [-0.05, 0) is 45.7 Å². The highest BCUT2D eigenvalue weighted by molar-refractivity contribution is 5.75. The molecule has 0 aromatic heterocycles. The van der Waals surface area contributed by atoms with E-state index in [2.05, 4.69) is 17.1 Å². The Morgan fingerprint density at radius 2 is 2.06 bits per heavy atom. The molecule has 1 saturated heterocycles. The lowest BCUT2D eigenvalue weighted by Gasteiger charge is -2.23. The smallest absolute Gasteiger partial charge is 0.220 e. The van der Waals surface area contributed by atoms with Gasteiger partial charge in [0.2, 0.25) is 5.91 Å². The molecule has 0 radical (unpaired) electrons.